The van der Waals surface area contributed by atoms with Crippen LogP contribution >= 0.6 is 11.6 Å². The van der Waals surface area contributed by atoms with Crippen LogP contribution in [0.2, 0.25) is 5.02 Å². The summed E-state index contributed by atoms with van der Waals surface area (Å²) >= 11 is 6.20. The van der Waals surface area contributed by atoms with Crippen LogP contribution in [0.4, 0.5) is 0 Å². The van der Waals surface area contributed by atoms with Gasteiger partial charge in [0.1, 0.15) is 11.6 Å². The minimum atomic E-state index is -0.241. The van der Waals surface area contributed by atoms with Crippen LogP contribution in [0, 0.1) is 6.92 Å². The number of hydrogen-bond donors (Lipinski definition) is 1. The third-order valence-electron chi connectivity index (χ3n) is 4.28. The van der Waals surface area contributed by atoms with E-state index in [0.717, 1.165) is 5.56 Å². The number of aryl methyl sites for hydroxylation is 1. The van der Waals surface area contributed by atoms with E-state index in [9.17, 15) is 4.79 Å². The van der Waals surface area contributed by atoms with Crippen molar-refractivity contribution in [3.05, 3.63) is 70.0 Å². The van der Waals surface area contributed by atoms with Crippen molar-refractivity contribution in [1.82, 2.24) is 34.3 Å². The summed E-state index contributed by atoms with van der Waals surface area (Å²) in [6, 6.07) is 10.8. The van der Waals surface area contributed by atoms with Crippen LogP contribution in [-0.2, 0) is 0 Å². The number of pyridine rings is 1. The zero-order valence-electron chi connectivity index (χ0n) is 14.1. The van der Waals surface area contributed by atoms with E-state index in [-0.39, 0.29) is 5.56 Å². The van der Waals surface area contributed by atoms with Gasteiger partial charge >= 0.3 is 0 Å². The molecule has 132 valence electrons. The SMILES string of the molecule is Cc1nc2nc3ccn(-c4ccn[nH]4)c(=O)c3c(-c3cccc(Cl)c3)n2n1. The molecule has 1 N–H and O–H groups in total. The summed E-state index contributed by atoms with van der Waals surface area (Å²) in [7, 11) is 0. The average molecular weight is 378 g/mol. The number of nitrogens with zero attached hydrogens (tertiary/aromatic N) is 6. The second-order valence-electron chi connectivity index (χ2n) is 6.03. The van der Waals surface area contributed by atoms with E-state index >= 15 is 0 Å². The molecule has 0 spiro atoms. The maximum absolute atomic E-state index is 13.3. The molecule has 0 aliphatic carbocycles. The third kappa shape index (κ3) is 2.42. The summed E-state index contributed by atoms with van der Waals surface area (Å²) in [5.74, 6) is 1.55. The summed E-state index contributed by atoms with van der Waals surface area (Å²) in [4.78, 5) is 22.2. The quantitative estimate of drug-likeness (QED) is 0.510. The minimum absolute atomic E-state index is 0.241. The third-order valence-corrected chi connectivity index (χ3v) is 4.51. The lowest BCUT2D eigenvalue weighted by Gasteiger charge is -2.10. The van der Waals surface area contributed by atoms with Gasteiger partial charge in [-0.1, -0.05) is 23.7 Å². The van der Waals surface area contributed by atoms with Gasteiger partial charge < -0.3 is 0 Å². The van der Waals surface area contributed by atoms with Gasteiger partial charge in [-0.3, -0.25) is 14.5 Å². The molecule has 0 aliphatic rings. The molecule has 0 radical (unpaired) electrons. The highest BCUT2D eigenvalue weighted by molar-refractivity contribution is 6.30. The zero-order chi connectivity index (χ0) is 18.5. The lowest BCUT2D eigenvalue weighted by molar-refractivity contribution is 0.911. The van der Waals surface area contributed by atoms with Crippen molar-refractivity contribution in [2.24, 2.45) is 0 Å². The maximum Gasteiger partial charge on any atom is 0.267 e. The average Bonchev–Trinajstić information content (AvgIpc) is 3.29. The van der Waals surface area contributed by atoms with Crippen molar-refractivity contribution in [1.29, 1.82) is 0 Å². The first-order valence-corrected chi connectivity index (χ1v) is 8.54. The smallest absolute Gasteiger partial charge is 0.267 e. The summed E-state index contributed by atoms with van der Waals surface area (Å²) in [6.45, 7) is 1.78. The zero-order valence-corrected chi connectivity index (χ0v) is 14.8. The van der Waals surface area contributed by atoms with Gasteiger partial charge in [0.05, 0.1) is 22.8 Å². The van der Waals surface area contributed by atoms with E-state index < -0.39 is 0 Å². The normalized spacial score (nSPS) is 11.5. The molecule has 4 heterocycles. The minimum Gasteiger partial charge on any atom is -0.268 e. The van der Waals surface area contributed by atoms with E-state index in [1.807, 2.05) is 12.1 Å². The Bertz CT molecular complexity index is 1370. The number of nitrogens with one attached hydrogen (secondary N) is 1. The van der Waals surface area contributed by atoms with Gasteiger partial charge in [-0.25, -0.2) is 4.98 Å². The Labute approximate surface area is 157 Å². The van der Waals surface area contributed by atoms with Gasteiger partial charge in [-0.05, 0) is 25.1 Å². The van der Waals surface area contributed by atoms with Crippen LogP contribution in [0.15, 0.2) is 53.6 Å². The number of H-pyrrole nitrogens is 1. The van der Waals surface area contributed by atoms with Crippen LogP contribution in [-0.4, -0.2) is 34.3 Å². The largest absolute Gasteiger partial charge is 0.268 e. The van der Waals surface area contributed by atoms with Gasteiger partial charge in [0, 0.05) is 22.8 Å². The van der Waals surface area contributed by atoms with Crippen molar-refractivity contribution in [3.63, 3.8) is 0 Å². The summed E-state index contributed by atoms with van der Waals surface area (Å²) in [5, 5.41) is 12.1. The molecular formula is C18H12ClN7O. The van der Waals surface area contributed by atoms with Crippen molar-refractivity contribution >= 4 is 28.3 Å². The van der Waals surface area contributed by atoms with Crippen molar-refractivity contribution in [2.45, 2.75) is 6.92 Å². The summed E-state index contributed by atoms with van der Waals surface area (Å²) in [6.07, 6.45) is 3.25. The Morgan fingerprint density at radius 3 is 2.81 bits per heavy atom. The Morgan fingerprint density at radius 2 is 2.04 bits per heavy atom. The Morgan fingerprint density at radius 1 is 1.15 bits per heavy atom. The topological polar surface area (TPSA) is 93.8 Å². The van der Waals surface area contributed by atoms with Gasteiger partial charge in [-0.15, -0.1) is 5.10 Å². The van der Waals surface area contributed by atoms with Crippen molar-refractivity contribution in [2.75, 3.05) is 0 Å². The van der Waals surface area contributed by atoms with Crippen molar-refractivity contribution in [3.8, 4) is 17.1 Å². The Kier molecular flexibility index (Phi) is 3.34. The Balaban J connectivity index is 1.98. The van der Waals surface area contributed by atoms with Gasteiger partial charge in [0.2, 0.25) is 0 Å². The standard InChI is InChI=1S/C18H12ClN7O/c1-10-21-18-22-13-6-8-25(14-5-7-20-23-14)17(27)15(13)16(26(18)24-10)11-3-2-4-12(19)9-11/h2-9H,1H3,(H,20,23). The van der Waals surface area contributed by atoms with Crippen LogP contribution in [0.25, 0.3) is 33.8 Å². The molecule has 5 rings (SSSR count). The fourth-order valence-electron chi connectivity index (χ4n) is 3.16. The van der Waals surface area contributed by atoms with Crippen LogP contribution in [0.1, 0.15) is 5.82 Å². The van der Waals surface area contributed by atoms with Crippen LogP contribution in [0.3, 0.4) is 0 Å². The van der Waals surface area contributed by atoms with Crippen molar-refractivity contribution < 1.29 is 0 Å². The molecule has 0 bridgehead atoms. The molecular weight excluding hydrogens is 366 g/mol. The Hall–Kier alpha value is -3.52. The van der Waals surface area contributed by atoms with E-state index in [2.05, 4.69) is 25.3 Å². The molecule has 0 aliphatic heterocycles. The molecule has 27 heavy (non-hydrogen) atoms. The van der Waals surface area contributed by atoms with Crippen LogP contribution in [0.5, 0.6) is 0 Å². The highest BCUT2D eigenvalue weighted by atomic mass is 35.5. The lowest BCUT2D eigenvalue weighted by Crippen LogP contribution is -2.20. The second-order valence-corrected chi connectivity index (χ2v) is 6.47. The molecule has 0 saturated heterocycles. The predicted octanol–water partition coefficient (Wildman–Crippen LogP) is 2.78. The number of aromatic amines is 1. The van der Waals surface area contributed by atoms with E-state index in [0.29, 0.717) is 39.0 Å². The molecule has 1 aromatic carbocycles. The number of rotatable bonds is 2. The lowest BCUT2D eigenvalue weighted by atomic mass is 10.1. The number of benzene rings is 1. The number of fused-ring (bicyclic) bond motifs is 2. The summed E-state index contributed by atoms with van der Waals surface area (Å²) in [5.41, 5.74) is 1.64. The fraction of sp³-hybridized carbons (Fsp3) is 0.0556. The van der Waals surface area contributed by atoms with E-state index in [4.69, 9.17) is 11.6 Å². The molecule has 0 atom stereocenters. The first-order valence-electron chi connectivity index (χ1n) is 8.16. The molecule has 0 saturated carbocycles. The number of hydrogen-bond acceptors (Lipinski definition) is 5. The maximum atomic E-state index is 13.3. The molecule has 0 fully saturated rings. The summed E-state index contributed by atoms with van der Waals surface area (Å²) < 4.78 is 3.07. The van der Waals surface area contributed by atoms with Gasteiger partial charge in [0.15, 0.2) is 0 Å². The number of halogens is 1. The highest BCUT2D eigenvalue weighted by Crippen LogP contribution is 2.28. The van der Waals surface area contributed by atoms with E-state index in [1.54, 1.807) is 48.1 Å². The molecule has 0 amide bonds. The van der Waals surface area contributed by atoms with Gasteiger partial charge in [0.25, 0.3) is 11.3 Å². The molecule has 9 heteroatoms. The van der Waals surface area contributed by atoms with E-state index in [1.165, 1.54) is 4.57 Å². The van der Waals surface area contributed by atoms with Crippen LogP contribution < -0.4 is 5.56 Å². The predicted molar refractivity (Wildman–Crippen MR) is 101 cm³/mol. The first-order chi connectivity index (χ1) is 13.1. The highest BCUT2D eigenvalue weighted by Gasteiger charge is 2.18. The van der Waals surface area contributed by atoms with Gasteiger partial charge in [-0.2, -0.15) is 14.6 Å². The molecule has 0 unspecified atom stereocenters. The number of aromatic nitrogens is 7. The molecule has 8 nitrogen and oxygen atoms in total. The molecule has 4 aromatic heterocycles. The molecule has 5 aromatic rings. The monoisotopic (exact) mass is 377 g/mol. The first kappa shape index (κ1) is 15.7. The second kappa shape index (κ2) is 5.75. The fourth-order valence-corrected chi connectivity index (χ4v) is 3.35.